The molecule has 8 rings (SSSR count). The van der Waals surface area contributed by atoms with Crippen molar-refractivity contribution in [2.75, 3.05) is 55.6 Å². The monoisotopic (exact) mass is 843 g/mol. The topological polar surface area (TPSA) is 185 Å². The molecule has 1 saturated carbocycles. The summed E-state index contributed by atoms with van der Waals surface area (Å²) in [6, 6.07) is 15.0. The highest BCUT2D eigenvalue weighted by molar-refractivity contribution is 6.31. The third-order valence-corrected chi connectivity index (χ3v) is 12.4. The van der Waals surface area contributed by atoms with Gasteiger partial charge in [-0.25, -0.2) is 15.0 Å². The molecule has 2 amide bonds. The molecule has 3 fully saturated rings. The Labute approximate surface area is 359 Å². The average Bonchev–Trinajstić information content (AvgIpc) is 3.29. The van der Waals surface area contributed by atoms with Crippen molar-refractivity contribution in [2.24, 2.45) is 5.92 Å². The zero-order chi connectivity index (χ0) is 42.3. The van der Waals surface area contributed by atoms with Gasteiger partial charge in [0.05, 0.1) is 45.8 Å². The number of nitrogens with one attached hydrogen (secondary N) is 3. The first-order valence-corrected chi connectivity index (χ1v) is 21.6. The standard InChI is InChI=1S/C45H50ClN11O4/c1-2-31-20-39-40(54-43(31)58)19-30(24-48-39)28-55-15-17-56(18-16-55)34-6-9-38(49-26-34)45(60)52-23-29-11-13-57(14-12-29)42-10-3-32(25-51-42)44(59)53-33-4-7-35(8-5-33)61-36-21-37(46)41(22-47)50-27-36/h3,6,9-10,19-21,24-27,29,33,35H,2,4-5,7-8,11-18,23,28H2,1H3,(H,52,60)(H,53,59)(H,54,58). The lowest BCUT2D eigenvalue weighted by molar-refractivity contribution is 0.0892. The van der Waals surface area contributed by atoms with E-state index in [4.69, 9.17) is 21.6 Å². The second-order valence-electron chi connectivity index (χ2n) is 16.1. The molecule has 3 N–H and O–H groups in total. The molecule has 61 heavy (non-hydrogen) atoms. The maximum absolute atomic E-state index is 13.0. The highest BCUT2D eigenvalue weighted by Gasteiger charge is 2.26. The lowest BCUT2D eigenvalue weighted by Gasteiger charge is -2.36. The van der Waals surface area contributed by atoms with Crippen LogP contribution in [0.3, 0.4) is 0 Å². The maximum Gasteiger partial charge on any atom is 0.269 e. The number of hydrogen-bond donors (Lipinski definition) is 3. The van der Waals surface area contributed by atoms with Gasteiger partial charge in [-0.1, -0.05) is 18.5 Å². The summed E-state index contributed by atoms with van der Waals surface area (Å²) in [4.78, 5) is 66.0. The number of piperidine rings is 1. The van der Waals surface area contributed by atoms with Crippen molar-refractivity contribution >= 4 is 46.0 Å². The highest BCUT2D eigenvalue weighted by Crippen LogP contribution is 2.27. The number of fused-ring (bicyclic) bond motifs is 1. The number of carbonyl (C=O) groups is 2. The number of piperazine rings is 1. The van der Waals surface area contributed by atoms with Gasteiger partial charge in [-0.2, -0.15) is 5.26 Å². The summed E-state index contributed by atoms with van der Waals surface area (Å²) in [5, 5.41) is 15.5. The number of nitriles is 1. The Bertz CT molecular complexity index is 2430. The Kier molecular flexibility index (Phi) is 13.0. The molecule has 5 aromatic heterocycles. The first-order chi connectivity index (χ1) is 29.7. The Morgan fingerprint density at radius 1 is 0.869 bits per heavy atom. The van der Waals surface area contributed by atoms with Crippen LogP contribution in [-0.4, -0.2) is 99.6 Å². The summed E-state index contributed by atoms with van der Waals surface area (Å²) in [7, 11) is 0. The molecule has 5 aromatic rings. The number of H-pyrrole nitrogens is 1. The number of anilines is 2. The van der Waals surface area contributed by atoms with E-state index in [-0.39, 0.29) is 40.2 Å². The van der Waals surface area contributed by atoms with Gasteiger partial charge in [0.25, 0.3) is 17.4 Å². The second-order valence-corrected chi connectivity index (χ2v) is 16.5. The van der Waals surface area contributed by atoms with Crippen LogP contribution in [0.15, 0.2) is 72.0 Å². The van der Waals surface area contributed by atoms with E-state index in [1.165, 1.54) is 6.20 Å². The number of aryl methyl sites for hydroxylation is 1. The largest absolute Gasteiger partial charge is 0.489 e. The molecule has 15 nitrogen and oxygen atoms in total. The van der Waals surface area contributed by atoms with Crippen molar-refractivity contribution in [3.05, 3.63) is 111 Å². The number of carbonyl (C=O) groups excluding carboxylic acids is 2. The van der Waals surface area contributed by atoms with Crippen LogP contribution in [0.1, 0.15) is 83.1 Å². The summed E-state index contributed by atoms with van der Waals surface area (Å²) in [5.41, 5.74) is 5.45. The van der Waals surface area contributed by atoms with E-state index >= 15 is 0 Å². The fourth-order valence-electron chi connectivity index (χ4n) is 8.40. The summed E-state index contributed by atoms with van der Waals surface area (Å²) < 4.78 is 6.03. The molecule has 0 radical (unpaired) electrons. The van der Waals surface area contributed by atoms with Gasteiger partial charge in [0.15, 0.2) is 5.69 Å². The number of rotatable bonds is 12. The van der Waals surface area contributed by atoms with Gasteiger partial charge in [0, 0.05) is 82.4 Å². The van der Waals surface area contributed by atoms with Crippen LogP contribution < -0.4 is 30.7 Å². The summed E-state index contributed by atoms with van der Waals surface area (Å²) in [6.45, 7) is 8.38. The van der Waals surface area contributed by atoms with Gasteiger partial charge in [-0.05, 0) is 92.8 Å². The number of amides is 2. The third kappa shape index (κ3) is 10.3. The molecular formula is C45H50ClN11O4. The first-order valence-electron chi connectivity index (χ1n) is 21.2. The van der Waals surface area contributed by atoms with E-state index in [0.717, 1.165) is 118 Å². The molecule has 16 heteroatoms. The number of aromatic nitrogens is 5. The molecule has 2 saturated heterocycles. The molecule has 0 bridgehead atoms. The maximum atomic E-state index is 13.0. The van der Waals surface area contributed by atoms with Crippen molar-refractivity contribution in [3.63, 3.8) is 0 Å². The van der Waals surface area contributed by atoms with Crippen molar-refractivity contribution in [3.8, 4) is 11.8 Å². The number of halogens is 1. The van der Waals surface area contributed by atoms with Crippen LogP contribution >= 0.6 is 11.6 Å². The summed E-state index contributed by atoms with van der Waals surface area (Å²) >= 11 is 6.09. The van der Waals surface area contributed by atoms with E-state index in [2.05, 4.69) is 50.3 Å². The predicted octanol–water partition coefficient (Wildman–Crippen LogP) is 5.28. The Balaban J connectivity index is 0.722. The molecular weight excluding hydrogens is 794 g/mol. The fourth-order valence-corrected chi connectivity index (χ4v) is 8.60. The Morgan fingerprint density at radius 3 is 2.36 bits per heavy atom. The zero-order valence-electron chi connectivity index (χ0n) is 34.3. The van der Waals surface area contributed by atoms with Crippen LogP contribution in [0.5, 0.6) is 5.75 Å². The summed E-state index contributed by atoms with van der Waals surface area (Å²) in [5.74, 6) is 1.42. The van der Waals surface area contributed by atoms with Crippen molar-refractivity contribution in [1.82, 2.24) is 40.5 Å². The lowest BCUT2D eigenvalue weighted by atomic mass is 9.92. The molecule has 0 atom stereocenters. The average molecular weight is 844 g/mol. The van der Waals surface area contributed by atoms with E-state index in [9.17, 15) is 14.4 Å². The molecule has 2 aliphatic heterocycles. The predicted molar refractivity (Wildman–Crippen MR) is 233 cm³/mol. The van der Waals surface area contributed by atoms with E-state index in [0.29, 0.717) is 35.9 Å². The minimum absolute atomic E-state index is 0.00662. The second kappa shape index (κ2) is 19.1. The summed E-state index contributed by atoms with van der Waals surface area (Å²) in [6.07, 6.45) is 12.5. The number of hydrogen-bond acceptors (Lipinski definition) is 12. The normalized spacial score (nSPS) is 18.7. The van der Waals surface area contributed by atoms with Crippen LogP contribution in [-0.2, 0) is 13.0 Å². The molecule has 316 valence electrons. The SMILES string of the molecule is CCc1cc2ncc(CN3CCN(c4ccc(C(=O)NCC5CCN(c6ccc(C(=O)NC7CCC(Oc8cnc(C#N)c(Cl)c8)CC7)cn6)CC5)nc4)CC3)cc2[nH]c1=O. The minimum atomic E-state index is -0.169. The van der Waals surface area contributed by atoms with Gasteiger partial charge >= 0.3 is 0 Å². The van der Waals surface area contributed by atoms with E-state index in [1.54, 1.807) is 24.5 Å². The lowest BCUT2D eigenvalue weighted by Crippen LogP contribution is -2.46. The Hall–Kier alpha value is -6.11. The smallest absolute Gasteiger partial charge is 0.269 e. The molecule has 7 heterocycles. The van der Waals surface area contributed by atoms with Crippen molar-refractivity contribution < 1.29 is 14.3 Å². The number of pyridine rings is 5. The number of ether oxygens (including phenoxy) is 1. The molecule has 3 aliphatic rings. The molecule has 0 aromatic carbocycles. The molecule has 1 aliphatic carbocycles. The number of nitrogens with zero attached hydrogens (tertiary/aromatic N) is 8. The van der Waals surface area contributed by atoms with Gasteiger partial charge in [0.1, 0.15) is 23.3 Å². The zero-order valence-corrected chi connectivity index (χ0v) is 35.0. The van der Waals surface area contributed by atoms with E-state index < -0.39 is 0 Å². The van der Waals surface area contributed by atoms with Gasteiger partial charge < -0.3 is 30.2 Å². The third-order valence-electron chi connectivity index (χ3n) is 12.1. The minimum Gasteiger partial charge on any atom is -0.489 e. The van der Waals surface area contributed by atoms with Gasteiger partial charge in [0.2, 0.25) is 0 Å². The van der Waals surface area contributed by atoms with Crippen LogP contribution in [0, 0.1) is 17.2 Å². The molecule has 0 spiro atoms. The van der Waals surface area contributed by atoms with Gasteiger partial charge in [-0.15, -0.1) is 0 Å². The first kappa shape index (κ1) is 41.6. The van der Waals surface area contributed by atoms with Crippen LogP contribution in [0.4, 0.5) is 11.5 Å². The Morgan fingerprint density at radius 2 is 1.67 bits per heavy atom. The molecule has 0 unspecified atom stereocenters. The van der Waals surface area contributed by atoms with Gasteiger partial charge in [-0.3, -0.25) is 24.3 Å². The van der Waals surface area contributed by atoms with Crippen molar-refractivity contribution in [2.45, 2.75) is 70.6 Å². The number of aromatic amines is 1. The van der Waals surface area contributed by atoms with Crippen LogP contribution in [0.25, 0.3) is 11.0 Å². The fraction of sp³-hybridized carbons (Fsp3) is 0.422. The van der Waals surface area contributed by atoms with E-state index in [1.807, 2.05) is 49.5 Å². The van der Waals surface area contributed by atoms with Crippen LogP contribution in [0.2, 0.25) is 5.02 Å². The van der Waals surface area contributed by atoms with Crippen molar-refractivity contribution in [1.29, 1.82) is 5.26 Å². The quantitative estimate of drug-likeness (QED) is 0.148. The highest BCUT2D eigenvalue weighted by atomic mass is 35.5.